The van der Waals surface area contributed by atoms with Gasteiger partial charge in [0.15, 0.2) is 0 Å². The van der Waals surface area contributed by atoms with Gasteiger partial charge in [-0.25, -0.2) is 0 Å². The fraction of sp³-hybridized carbons (Fsp3) is 0.588. The van der Waals surface area contributed by atoms with Crippen molar-refractivity contribution in [3.8, 4) is 0 Å². The van der Waals surface area contributed by atoms with Crippen LogP contribution in [0.15, 0.2) is 12.1 Å². The molecule has 6 nitrogen and oxygen atoms in total. The van der Waals surface area contributed by atoms with E-state index in [0.717, 1.165) is 24.2 Å². The number of carbonyl (C=O) groups is 1. The molecule has 2 rings (SSSR count). The molecular formula is C17H25N3O3. The highest BCUT2D eigenvalue weighted by molar-refractivity contribution is 5.94. The molecule has 0 aromatic heterocycles. The summed E-state index contributed by atoms with van der Waals surface area (Å²) in [4.78, 5) is 25.2. The second-order valence-electron chi connectivity index (χ2n) is 6.90. The molecule has 1 aromatic carbocycles. The number of benzene rings is 1. The Bertz CT molecular complexity index is 605. The number of aryl methyl sites for hydroxylation is 2. The van der Waals surface area contributed by atoms with Crippen LogP contribution in [-0.2, 0) is 4.79 Å². The zero-order valence-corrected chi connectivity index (χ0v) is 14.3. The van der Waals surface area contributed by atoms with E-state index in [1.165, 1.54) is 12.5 Å². The third-order valence-corrected chi connectivity index (χ3v) is 4.39. The summed E-state index contributed by atoms with van der Waals surface area (Å²) in [5.41, 5.74) is 1.99. The van der Waals surface area contributed by atoms with Crippen molar-refractivity contribution in [1.82, 2.24) is 4.90 Å². The Kier molecular flexibility index (Phi) is 5.36. The monoisotopic (exact) mass is 319 g/mol. The summed E-state index contributed by atoms with van der Waals surface area (Å²) >= 11 is 0. The van der Waals surface area contributed by atoms with E-state index in [1.807, 2.05) is 13.8 Å². The number of nitro benzene ring substituents is 1. The molecule has 0 bridgehead atoms. The van der Waals surface area contributed by atoms with Gasteiger partial charge < -0.3 is 5.32 Å². The molecule has 0 radical (unpaired) electrons. The van der Waals surface area contributed by atoms with Gasteiger partial charge in [0.2, 0.25) is 5.91 Å². The number of carbonyl (C=O) groups excluding carboxylic acids is 1. The Labute approximate surface area is 137 Å². The maximum Gasteiger partial charge on any atom is 0.293 e. The van der Waals surface area contributed by atoms with Crippen LogP contribution in [0.25, 0.3) is 0 Å². The van der Waals surface area contributed by atoms with Crippen LogP contribution in [0.2, 0.25) is 0 Å². The largest absolute Gasteiger partial charge is 0.319 e. The van der Waals surface area contributed by atoms with Gasteiger partial charge in [0, 0.05) is 19.2 Å². The van der Waals surface area contributed by atoms with E-state index < -0.39 is 4.92 Å². The molecule has 0 aliphatic carbocycles. The van der Waals surface area contributed by atoms with E-state index in [0.29, 0.717) is 11.8 Å². The third-order valence-electron chi connectivity index (χ3n) is 4.39. The van der Waals surface area contributed by atoms with Crippen molar-refractivity contribution in [3.63, 3.8) is 0 Å². The first-order valence-corrected chi connectivity index (χ1v) is 8.04. The minimum Gasteiger partial charge on any atom is -0.319 e. The Hall–Kier alpha value is -1.95. The van der Waals surface area contributed by atoms with Crippen LogP contribution in [0.5, 0.6) is 0 Å². The van der Waals surface area contributed by atoms with Gasteiger partial charge in [-0.1, -0.05) is 13.8 Å². The summed E-state index contributed by atoms with van der Waals surface area (Å²) in [5, 5.41) is 13.9. The molecule has 6 heteroatoms. The summed E-state index contributed by atoms with van der Waals surface area (Å²) in [6.45, 7) is 10.1. The molecule has 0 saturated carbocycles. The molecule has 1 fully saturated rings. The molecular weight excluding hydrogens is 294 g/mol. The van der Waals surface area contributed by atoms with Crippen molar-refractivity contribution in [2.75, 3.05) is 25.0 Å². The lowest BCUT2D eigenvalue weighted by atomic mass is 9.92. The van der Waals surface area contributed by atoms with Gasteiger partial charge in [0.05, 0.1) is 11.5 Å². The number of piperidine rings is 1. The van der Waals surface area contributed by atoms with Crippen molar-refractivity contribution >= 4 is 17.3 Å². The Morgan fingerprint density at radius 3 is 2.39 bits per heavy atom. The van der Waals surface area contributed by atoms with Crippen LogP contribution in [0.4, 0.5) is 11.4 Å². The van der Waals surface area contributed by atoms with Crippen LogP contribution < -0.4 is 5.32 Å². The number of nitrogens with one attached hydrogen (secondary N) is 1. The number of nitrogens with zero attached hydrogens (tertiary/aromatic N) is 2. The second-order valence-corrected chi connectivity index (χ2v) is 6.90. The lowest BCUT2D eigenvalue weighted by Gasteiger charge is -2.34. The van der Waals surface area contributed by atoms with Crippen molar-refractivity contribution in [1.29, 1.82) is 0 Å². The number of likely N-dealkylation sites (tertiary alicyclic amines) is 1. The number of amides is 1. The first-order chi connectivity index (χ1) is 10.8. The molecule has 1 aliphatic rings. The fourth-order valence-corrected chi connectivity index (χ4v) is 3.37. The highest BCUT2D eigenvalue weighted by Gasteiger charge is 2.24. The van der Waals surface area contributed by atoms with Crippen molar-refractivity contribution in [3.05, 3.63) is 33.4 Å². The van der Waals surface area contributed by atoms with Crippen LogP contribution in [0, 0.1) is 35.8 Å². The first kappa shape index (κ1) is 17.4. The number of rotatable bonds is 4. The summed E-state index contributed by atoms with van der Waals surface area (Å²) in [6, 6.07) is 3.18. The van der Waals surface area contributed by atoms with Crippen LogP contribution in [0.3, 0.4) is 0 Å². The SMILES string of the molecule is Cc1cc(NC(=O)CN2C[C@H](C)C[C@H](C)C2)c([N+](=O)[O-])cc1C. The van der Waals surface area contributed by atoms with E-state index in [-0.39, 0.29) is 23.8 Å². The van der Waals surface area contributed by atoms with Gasteiger partial charge in [-0.3, -0.25) is 19.8 Å². The van der Waals surface area contributed by atoms with Gasteiger partial charge in [-0.05, 0) is 49.3 Å². The zero-order chi connectivity index (χ0) is 17.1. The molecule has 1 heterocycles. The third kappa shape index (κ3) is 4.51. The molecule has 23 heavy (non-hydrogen) atoms. The average molecular weight is 319 g/mol. The predicted octanol–water partition coefficient (Wildman–Crippen LogP) is 3.13. The first-order valence-electron chi connectivity index (χ1n) is 8.04. The maximum atomic E-state index is 12.3. The van der Waals surface area contributed by atoms with E-state index in [4.69, 9.17) is 0 Å². The van der Waals surface area contributed by atoms with E-state index in [2.05, 4.69) is 24.1 Å². The summed E-state index contributed by atoms with van der Waals surface area (Å²) in [6.07, 6.45) is 1.18. The van der Waals surface area contributed by atoms with Gasteiger partial charge >= 0.3 is 0 Å². The van der Waals surface area contributed by atoms with Crippen molar-refractivity contribution in [2.24, 2.45) is 11.8 Å². The highest BCUT2D eigenvalue weighted by Crippen LogP contribution is 2.28. The maximum absolute atomic E-state index is 12.3. The molecule has 1 N–H and O–H groups in total. The molecule has 2 atom stereocenters. The van der Waals surface area contributed by atoms with Crippen LogP contribution in [0.1, 0.15) is 31.4 Å². The van der Waals surface area contributed by atoms with Crippen molar-refractivity contribution in [2.45, 2.75) is 34.1 Å². The number of hydrogen-bond donors (Lipinski definition) is 1. The predicted molar refractivity (Wildman–Crippen MR) is 90.6 cm³/mol. The summed E-state index contributed by atoms with van der Waals surface area (Å²) in [5.74, 6) is 0.947. The van der Waals surface area contributed by atoms with Gasteiger partial charge in [0.25, 0.3) is 5.69 Å². The molecule has 1 aromatic rings. The molecule has 126 valence electrons. The normalized spacial score (nSPS) is 21.9. The lowest BCUT2D eigenvalue weighted by molar-refractivity contribution is -0.384. The summed E-state index contributed by atoms with van der Waals surface area (Å²) < 4.78 is 0. The lowest BCUT2D eigenvalue weighted by Crippen LogP contribution is -2.42. The minimum atomic E-state index is -0.451. The average Bonchev–Trinajstić information content (AvgIpc) is 2.40. The van der Waals surface area contributed by atoms with Gasteiger partial charge in [-0.2, -0.15) is 0 Å². The Morgan fingerprint density at radius 2 is 1.83 bits per heavy atom. The molecule has 1 aliphatic heterocycles. The van der Waals surface area contributed by atoms with E-state index >= 15 is 0 Å². The standard InChI is InChI=1S/C17H25N3O3/c1-11-5-12(2)9-19(8-11)10-17(21)18-15-6-13(3)14(4)7-16(15)20(22)23/h6-7,11-12H,5,8-10H2,1-4H3,(H,18,21)/t11-,12+. The Balaban J connectivity index is 2.08. The number of anilines is 1. The summed E-state index contributed by atoms with van der Waals surface area (Å²) in [7, 11) is 0. The van der Waals surface area contributed by atoms with Crippen LogP contribution in [-0.4, -0.2) is 35.4 Å². The van der Waals surface area contributed by atoms with E-state index in [1.54, 1.807) is 6.07 Å². The van der Waals surface area contributed by atoms with E-state index in [9.17, 15) is 14.9 Å². The quantitative estimate of drug-likeness (QED) is 0.683. The van der Waals surface area contributed by atoms with Crippen LogP contribution >= 0.6 is 0 Å². The number of nitro groups is 1. The number of hydrogen-bond acceptors (Lipinski definition) is 4. The molecule has 0 spiro atoms. The zero-order valence-electron chi connectivity index (χ0n) is 14.3. The van der Waals surface area contributed by atoms with Crippen molar-refractivity contribution < 1.29 is 9.72 Å². The molecule has 0 unspecified atom stereocenters. The van der Waals surface area contributed by atoms with Gasteiger partial charge in [-0.15, -0.1) is 0 Å². The minimum absolute atomic E-state index is 0.0539. The highest BCUT2D eigenvalue weighted by atomic mass is 16.6. The smallest absolute Gasteiger partial charge is 0.293 e. The van der Waals surface area contributed by atoms with Gasteiger partial charge in [0.1, 0.15) is 5.69 Å². The topological polar surface area (TPSA) is 75.5 Å². The Morgan fingerprint density at radius 1 is 1.26 bits per heavy atom. The second kappa shape index (κ2) is 7.08. The fourth-order valence-electron chi connectivity index (χ4n) is 3.37. The molecule has 1 amide bonds. The molecule has 1 saturated heterocycles.